The molecule has 0 atom stereocenters. The van der Waals surface area contributed by atoms with E-state index in [4.69, 9.17) is 23.2 Å². The number of hydrogen-bond acceptors (Lipinski definition) is 3. The van der Waals surface area contributed by atoms with Crippen molar-refractivity contribution in [2.24, 2.45) is 0 Å². The first-order chi connectivity index (χ1) is 9.03. The average Bonchev–Trinajstić information content (AvgIpc) is 2.47. The van der Waals surface area contributed by atoms with E-state index in [-0.39, 0.29) is 9.40 Å². The van der Waals surface area contributed by atoms with Gasteiger partial charge in [0.05, 0.1) is 5.03 Å². The van der Waals surface area contributed by atoms with Gasteiger partial charge in [-0.2, -0.15) is 4.31 Å². The number of hydrogen-bond donors (Lipinski definition) is 1. The van der Waals surface area contributed by atoms with Crippen LogP contribution in [0.4, 0.5) is 0 Å². The zero-order valence-corrected chi connectivity index (χ0v) is 12.5. The van der Waals surface area contributed by atoms with Crippen molar-refractivity contribution in [2.75, 3.05) is 26.2 Å². The number of rotatable bonds is 3. The third-order valence-corrected chi connectivity index (χ3v) is 5.93. The lowest BCUT2D eigenvalue weighted by atomic mass is 10.2. The molecule has 0 radical (unpaired) electrons. The van der Waals surface area contributed by atoms with Crippen molar-refractivity contribution in [2.45, 2.75) is 0 Å². The Bertz CT molecular complexity index is 567. The van der Waals surface area contributed by atoms with E-state index in [0.717, 1.165) is 0 Å². The minimum atomic E-state index is -3.70. The van der Waals surface area contributed by atoms with Gasteiger partial charge in [0.1, 0.15) is 0 Å². The fourth-order valence-electron chi connectivity index (χ4n) is 1.81. The van der Waals surface area contributed by atoms with Crippen molar-refractivity contribution >= 4 is 38.3 Å². The van der Waals surface area contributed by atoms with Gasteiger partial charge in [-0.3, -0.25) is 0 Å². The molecule has 1 aliphatic heterocycles. The Morgan fingerprint density at radius 3 is 2.26 bits per heavy atom. The number of piperazine rings is 1. The first-order valence-corrected chi connectivity index (χ1v) is 8.04. The minimum absolute atomic E-state index is 0.0563. The fraction of sp³-hybridized carbons (Fsp3) is 0.333. The van der Waals surface area contributed by atoms with Crippen LogP contribution in [0.1, 0.15) is 5.56 Å². The molecule has 1 fully saturated rings. The summed E-state index contributed by atoms with van der Waals surface area (Å²) in [7, 11) is -3.70. The molecule has 0 amide bonds. The number of benzene rings is 1. The van der Waals surface area contributed by atoms with Crippen molar-refractivity contribution in [3.05, 3.63) is 40.3 Å². The maximum atomic E-state index is 12.3. The van der Waals surface area contributed by atoms with Gasteiger partial charge in [0.15, 0.2) is 4.36 Å². The van der Waals surface area contributed by atoms with Crippen LogP contribution in [0.3, 0.4) is 0 Å². The summed E-state index contributed by atoms with van der Waals surface area (Å²) < 4.78 is 25.7. The minimum Gasteiger partial charge on any atom is -0.314 e. The molecule has 0 saturated carbocycles. The van der Waals surface area contributed by atoms with Crippen LogP contribution in [-0.4, -0.2) is 38.9 Å². The van der Waals surface area contributed by atoms with Crippen molar-refractivity contribution in [1.29, 1.82) is 0 Å². The van der Waals surface area contributed by atoms with Gasteiger partial charge in [-0.15, -0.1) is 0 Å². The van der Waals surface area contributed by atoms with Gasteiger partial charge in [-0.05, 0) is 5.56 Å². The summed E-state index contributed by atoms with van der Waals surface area (Å²) in [6.07, 6.45) is 0. The van der Waals surface area contributed by atoms with Crippen LogP contribution in [0.2, 0.25) is 0 Å². The van der Waals surface area contributed by atoms with Crippen LogP contribution < -0.4 is 5.32 Å². The Kier molecular flexibility index (Phi) is 4.86. The molecule has 19 heavy (non-hydrogen) atoms. The lowest BCUT2D eigenvalue weighted by molar-refractivity contribution is 0.364. The average molecular weight is 321 g/mol. The second-order valence-electron chi connectivity index (χ2n) is 4.11. The van der Waals surface area contributed by atoms with Gasteiger partial charge >= 0.3 is 0 Å². The quantitative estimate of drug-likeness (QED) is 0.927. The van der Waals surface area contributed by atoms with Crippen molar-refractivity contribution < 1.29 is 8.42 Å². The third-order valence-electron chi connectivity index (χ3n) is 2.84. The molecule has 1 aromatic carbocycles. The van der Waals surface area contributed by atoms with Crippen LogP contribution >= 0.6 is 23.2 Å². The highest BCUT2D eigenvalue weighted by atomic mass is 35.5. The molecular formula is C12H14Cl2N2O2S. The standard InChI is InChI=1S/C12H14Cl2N2O2S/c13-11(10-4-2-1-3-5-10)12(14)19(17,18)16-8-6-15-7-9-16/h1-5,15H,6-9H2/b12-11-. The Labute approximate surface area is 123 Å². The summed E-state index contributed by atoms with van der Waals surface area (Å²) in [6, 6.07) is 8.82. The van der Waals surface area contributed by atoms with E-state index in [2.05, 4.69) is 5.32 Å². The predicted octanol–water partition coefficient (Wildman–Crippen LogP) is 2.03. The van der Waals surface area contributed by atoms with Gasteiger partial charge < -0.3 is 5.32 Å². The molecule has 4 nitrogen and oxygen atoms in total. The van der Waals surface area contributed by atoms with E-state index in [1.54, 1.807) is 24.3 Å². The number of nitrogens with one attached hydrogen (secondary N) is 1. The molecule has 0 unspecified atom stereocenters. The van der Waals surface area contributed by atoms with Crippen LogP contribution in [0, 0.1) is 0 Å². The van der Waals surface area contributed by atoms with E-state index in [0.29, 0.717) is 31.7 Å². The van der Waals surface area contributed by atoms with E-state index in [1.165, 1.54) is 4.31 Å². The molecule has 1 aromatic rings. The van der Waals surface area contributed by atoms with E-state index in [9.17, 15) is 8.42 Å². The predicted molar refractivity (Wildman–Crippen MR) is 78.4 cm³/mol. The summed E-state index contributed by atoms with van der Waals surface area (Å²) in [5.41, 5.74) is 0.591. The van der Waals surface area contributed by atoms with Gasteiger partial charge in [-0.25, -0.2) is 8.42 Å². The smallest absolute Gasteiger partial charge is 0.255 e. The number of halogens is 2. The molecular weight excluding hydrogens is 307 g/mol. The van der Waals surface area contributed by atoms with Crippen LogP contribution in [0.15, 0.2) is 34.7 Å². The monoisotopic (exact) mass is 320 g/mol. The zero-order valence-electron chi connectivity index (χ0n) is 10.1. The molecule has 1 saturated heterocycles. The Morgan fingerprint density at radius 1 is 1.11 bits per heavy atom. The number of sulfonamides is 1. The molecule has 2 rings (SSSR count). The van der Waals surface area contributed by atoms with Crippen LogP contribution in [0.5, 0.6) is 0 Å². The largest absolute Gasteiger partial charge is 0.314 e. The van der Waals surface area contributed by atoms with Crippen molar-refractivity contribution in [3.8, 4) is 0 Å². The fourth-order valence-corrected chi connectivity index (χ4v) is 3.86. The second kappa shape index (κ2) is 6.24. The second-order valence-corrected chi connectivity index (χ2v) is 6.96. The van der Waals surface area contributed by atoms with Gasteiger partial charge in [0.25, 0.3) is 10.0 Å². The lowest BCUT2D eigenvalue weighted by Gasteiger charge is -2.26. The summed E-state index contributed by atoms with van der Waals surface area (Å²) in [6.45, 7) is 2.04. The summed E-state index contributed by atoms with van der Waals surface area (Å²) >= 11 is 12.1. The number of nitrogens with zero attached hydrogens (tertiary/aromatic N) is 1. The van der Waals surface area contributed by atoms with E-state index >= 15 is 0 Å². The summed E-state index contributed by atoms with van der Waals surface area (Å²) in [5.74, 6) is 0. The van der Waals surface area contributed by atoms with Crippen molar-refractivity contribution in [3.63, 3.8) is 0 Å². The highest BCUT2D eigenvalue weighted by Crippen LogP contribution is 2.30. The van der Waals surface area contributed by atoms with Gasteiger partial charge in [0.2, 0.25) is 0 Å². The maximum absolute atomic E-state index is 12.3. The van der Waals surface area contributed by atoms with E-state index in [1.807, 2.05) is 6.07 Å². The molecule has 1 heterocycles. The maximum Gasteiger partial charge on any atom is 0.255 e. The molecule has 0 aliphatic carbocycles. The molecule has 0 bridgehead atoms. The van der Waals surface area contributed by atoms with Gasteiger partial charge in [-0.1, -0.05) is 53.5 Å². The first kappa shape index (κ1) is 14.8. The zero-order chi connectivity index (χ0) is 13.9. The first-order valence-electron chi connectivity index (χ1n) is 5.85. The Hall–Kier alpha value is -0.590. The van der Waals surface area contributed by atoms with Crippen LogP contribution in [-0.2, 0) is 10.0 Å². The highest BCUT2D eigenvalue weighted by Gasteiger charge is 2.29. The molecule has 0 spiro atoms. The topological polar surface area (TPSA) is 49.4 Å². The molecule has 0 aromatic heterocycles. The molecule has 7 heteroatoms. The van der Waals surface area contributed by atoms with Crippen molar-refractivity contribution in [1.82, 2.24) is 9.62 Å². The molecule has 104 valence electrons. The Morgan fingerprint density at radius 2 is 1.68 bits per heavy atom. The lowest BCUT2D eigenvalue weighted by Crippen LogP contribution is -2.46. The molecule has 1 aliphatic rings. The summed E-state index contributed by atoms with van der Waals surface area (Å²) in [4.78, 5) is 0. The SMILES string of the molecule is O=S(=O)(/C(Cl)=C(\Cl)c1ccccc1)N1CCNCC1. The molecule has 1 N–H and O–H groups in total. The Balaban J connectivity index is 2.33. The highest BCUT2D eigenvalue weighted by molar-refractivity contribution is 7.95. The third kappa shape index (κ3) is 3.30. The van der Waals surface area contributed by atoms with Crippen LogP contribution in [0.25, 0.3) is 5.03 Å². The van der Waals surface area contributed by atoms with Gasteiger partial charge in [0, 0.05) is 26.2 Å². The normalized spacial score (nSPS) is 19.1. The van der Waals surface area contributed by atoms with E-state index < -0.39 is 10.0 Å². The summed E-state index contributed by atoms with van der Waals surface area (Å²) in [5, 5.41) is 3.14.